The Hall–Kier alpha value is -1.43. The molecule has 17 heavy (non-hydrogen) atoms. The summed E-state index contributed by atoms with van der Waals surface area (Å²) in [5.74, 6) is 1.10. The summed E-state index contributed by atoms with van der Waals surface area (Å²) in [6.45, 7) is 1.70. The SMILES string of the molecule is CCS(=O)(=O)CCOc1cc(N)ccc1OC. The van der Waals surface area contributed by atoms with Crippen LogP contribution in [-0.2, 0) is 9.84 Å². The zero-order valence-corrected chi connectivity index (χ0v) is 10.8. The molecule has 0 fully saturated rings. The van der Waals surface area contributed by atoms with Gasteiger partial charge in [-0.3, -0.25) is 0 Å². The lowest BCUT2D eigenvalue weighted by molar-refractivity contribution is 0.312. The van der Waals surface area contributed by atoms with Crippen LogP contribution in [0.4, 0.5) is 5.69 Å². The summed E-state index contributed by atoms with van der Waals surface area (Å²) in [7, 11) is -1.50. The molecule has 0 bridgehead atoms. The van der Waals surface area contributed by atoms with Crippen LogP contribution in [0.15, 0.2) is 18.2 Å². The lowest BCUT2D eigenvalue weighted by Crippen LogP contribution is -2.15. The molecule has 2 N–H and O–H groups in total. The van der Waals surface area contributed by atoms with Gasteiger partial charge < -0.3 is 15.2 Å². The Kier molecular flexibility index (Phi) is 4.62. The van der Waals surface area contributed by atoms with Crippen molar-refractivity contribution in [2.45, 2.75) is 6.92 Å². The van der Waals surface area contributed by atoms with Gasteiger partial charge in [-0.2, -0.15) is 0 Å². The van der Waals surface area contributed by atoms with Gasteiger partial charge in [-0.05, 0) is 12.1 Å². The highest BCUT2D eigenvalue weighted by Gasteiger charge is 2.09. The van der Waals surface area contributed by atoms with Crippen molar-refractivity contribution in [3.8, 4) is 11.5 Å². The molecule has 6 heteroatoms. The summed E-state index contributed by atoms with van der Waals surface area (Å²) in [5.41, 5.74) is 6.15. The predicted octanol–water partition coefficient (Wildman–Crippen LogP) is 1.09. The van der Waals surface area contributed by atoms with Crippen molar-refractivity contribution in [2.75, 3.05) is 31.0 Å². The zero-order chi connectivity index (χ0) is 12.9. The Morgan fingerprint density at radius 1 is 1.29 bits per heavy atom. The molecule has 0 spiro atoms. The van der Waals surface area contributed by atoms with Crippen LogP contribution < -0.4 is 15.2 Å². The second kappa shape index (κ2) is 5.77. The maximum absolute atomic E-state index is 11.3. The summed E-state index contributed by atoms with van der Waals surface area (Å²) in [4.78, 5) is 0. The van der Waals surface area contributed by atoms with Crippen LogP contribution in [0.1, 0.15) is 6.92 Å². The first-order chi connectivity index (χ1) is 7.98. The second-order valence-electron chi connectivity index (χ2n) is 3.50. The Labute approximate surface area is 101 Å². The molecule has 0 unspecified atom stereocenters. The Morgan fingerprint density at radius 3 is 2.59 bits per heavy atom. The van der Waals surface area contributed by atoms with Gasteiger partial charge in [-0.15, -0.1) is 0 Å². The minimum atomic E-state index is -3.02. The third kappa shape index (κ3) is 4.14. The van der Waals surface area contributed by atoms with Crippen molar-refractivity contribution in [1.82, 2.24) is 0 Å². The molecule has 0 heterocycles. The number of hydrogen-bond donors (Lipinski definition) is 1. The Balaban J connectivity index is 2.66. The molecule has 0 aliphatic rings. The van der Waals surface area contributed by atoms with E-state index in [4.69, 9.17) is 15.2 Å². The van der Waals surface area contributed by atoms with Gasteiger partial charge in [-0.1, -0.05) is 6.92 Å². The van der Waals surface area contributed by atoms with Gasteiger partial charge >= 0.3 is 0 Å². The first kappa shape index (κ1) is 13.6. The van der Waals surface area contributed by atoms with E-state index in [2.05, 4.69) is 0 Å². The molecule has 5 nitrogen and oxygen atoms in total. The van der Waals surface area contributed by atoms with Gasteiger partial charge in [0, 0.05) is 17.5 Å². The highest BCUT2D eigenvalue weighted by atomic mass is 32.2. The molecule has 0 aromatic heterocycles. The summed E-state index contributed by atoms with van der Waals surface area (Å²) in [6.07, 6.45) is 0. The van der Waals surface area contributed by atoms with E-state index in [9.17, 15) is 8.42 Å². The van der Waals surface area contributed by atoms with Crippen LogP contribution in [-0.4, -0.2) is 33.6 Å². The average molecular weight is 259 g/mol. The van der Waals surface area contributed by atoms with E-state index < -0.39 is 9.84 Å². The van der Waals surface area contributed by atoms with E-state index in [1.54, 1.807) is 25.1 Å². The largest absolute Gasteiger partial charge is 0.493 e. The molecular formula is C11H17NO4S. The van der Waals surface area contributed by atoms with E-state index in [-0.39, 0.29) is 18.1 Å². The third-order valence-electron chi connectivity index (χ3n) is 2.28. The summed E-state index contributed by atoms with van der Waals surface area (Å²) < 4.78 is 33.0. The number of ether oxygens (including phenoxy) is 2. The van der Waals surface area contributed by atoms with E-state index >= 15 is 0 Å². The molecule has 0 aliphatic heterocycles. The number of sulfone groups is 1. The summed E-state index contributed by atoms with van der Waals surface area (Å²) in [5, 5.41) is 0. The van der Waals surface area contributed by atoms with Crippen molar-refractivity contribution in [3.63, 3.8) is 0 Å². The smallest absolute Gasteiger partial charge is 0.163 e. The first-order valence-corrected chi connectivity index (χ1v) is 7.07. The monoisotopic (exact) mass is 259 g/mol. The van der Waals surface area contributed by atoms with Gasteiger partial charge in [-0.25, -0.2) is 8.42 Å². The normalized spacial score (nSPS) is 11.2. The number of rotatable bonds is 6. The fourth-order valence-corrected chi connectivity index (χ4v) is 1.85. The topological polar surface area (TPSA) is 78.6 Å². The molecule has 96 valence electrons. The second-order valence-corrected chi connectivity index (χ2v) is 5.97. The number of anilines is 1. The van der Waals surface area contributed by atoms with Crippen molar-refractivity contribution in [2.24, 2.45) is 0 Å². The molecule has 1 aromatic rings. The van der Waals surface area contributed by atoms with Gasteiger partial charge in [0.05, 0.1) is 12.9 Å². The van der Waals surface area contributed by atoms with Crippen LogP contribution in [0.3, 0.4) is 0 Å². The molecule has 1 rings (SSSR count). The van der Waals surface area contributed by atoms with E-state index in [0.29, 0.717) is 17.2 Å². The molecule has 1 aromatic carbocycles. The maximum Gasteiger partial charge on any atom is 0.163 e. The number of nitrogen functional groups attached to an aromatic ring is 1. The van der Waals surface area contributed by atoms with Crippen LogP contribution >= 0.6 is 0 Å². The van der Waals surface area contributed by atoms with Crippen molar-refractivity contribution >= 4 is 15.5 Å². The minimum Gasteiger partial charge on any atom is -0.493 e. The van der Waals surface area contributed by atoms with Crippen molar-refractivity contribution < 1.29 is 17.9 Å². The molecule has 0 amide bonds. The number of hydrogen-bond acceptors (Lipinski definition) is 5. The fraction of sp³-hybridized carbons (Fsp3) is 0.455. The van der Waals surface area contributed by atoms with Gasteiger partial charge in [0.2, 0.25) is 0 Å². The highest BCUT2D eigenvalue weighted by molar-refractivity contribution is 7.91. The lowest BCUT2D eigenvalue weighted by Gasteiger charge is -2.11. The van der Waals surface area contributed by atoms with Gasteiger partial charge in [0.15, 0.2) is 21.3 Å². The van der Waals surface area contributed by atoms with Gasteiger partial charge in [0.1, 0.15) is 6.61 Å². The zero-order valence-electron chi connectivity index (χ0n) is 9.97. The number of methoxy groups -OCH3 is 1. The highest BCUT2D eigenvalue weighted by Crippen LogP contribution is 2.28. The standard InChI is InChI=1S/C11H17NO4S/c1-3-17(13,14)7-6-16-11-8-9(12)4-5-10(11)15-2/h4-5,8H,3,6-7,12H2,1-2H3. The van der Waals surface area contributed by atoms with E-state index in [1.807, 2.05) is 0 Å². The van der Waals surface area contributed by atoms with Crippen LogP contribution in [0.25, 0.3) is 0 Å². The van der Waals surface area contributed by atoms with E-state index in [0.717, 1.165) is 0 Å². The molecular weight excluding hydrogens is 242 g/mol. The molecule has 0 saturated carbocycles. The van der Waals surface area contributed by atoms with Crippen LogP contribution in [0.5, 0.6) is 11.5 Å². The van der Waals surface area contributed by atoms with Gasteiger partial charge in [0.25, 0.3) is 0 Å². The number of nitrogens with two attached hydrogens (primary N) is 1. The third-order valence-corrected chi connectivity index (χ3v) is 3.95. The first-order valence-electron chi connectivity index (χ1n) is 5.25. The molecule has 0 radical (unpaired) electrons. The quantitative estimate of drug-likeness (QED) is 0.774. The lowest BCUT2D eigenvalue weighted by atomic mass is 10.3. The predicted molar refractivity (Wildman–Crippen MR) is 67.2 cm³/mol. The molecule has 0 atom stereocenters. The van der Waals surface area contributed by atoms with E-state index in [1.165, 1.54) is 7.11 Å². The summed E-state index contributed by atoms with van der Waals surface area (Å²) in [6, 6.07) is 4.98. The fourth-order valence-electron chi connectivity index (χ4n) is 1.23. The molecule has 0 saturated heterocycles. The Bertz CT molecular complexity index is 470. The summed E-state index contributed by atoms with van der Waals surface area (Å²) >= 11 is 0. The maximum atomic E-state index is 11.3. The van der Waals surface area contributed by atoms with Crippen LogP contribution in [0.2, 0.25) is 0 Å². The van der Waals surface area contributed by atoms with Crippen molar-refractivity contribution in [3.05, 3.63) is 18.2 Å². The Morgan fingerprint density at radius 2 is 2.00 bits per heavy atom. The minimum absolute atomic E-state index is 0.0124. The van der Waals surface area contributed by atoms with Crippen molar-refractivity contribution in [1.29, 1.82) is 0 Å². The number of benzene rings is 1. The van der Waals surface area contributed by atoms with Crippen LogP contribution in [0, 0.1) is 0 Å². The average Bonchev–Trinajstić information content (AvgIpc) is 2.29. The molecule has 0 aliphatic carbocycles.